The number of anilines is 2. The first-order valence-corrected chi connectivity index (χ1v) is 8.59. The molecule has 1 unspecified atom stereocenters. The molecule has 1 atom stereocenters. The molecular formula is C20H26N2O2. The normalized spacial score (nSPS) is 16.7. The Kier molecular flexibility index (Phi) is 5.26. The molecule has 1 aliphatic heterocycles. The molecule has 0 saturated heterocycles. The quantitative estimate of drug-likeness (QED) is 0.878. The molecular weight excluding hydrogens is 300 g/mol. The molecule has 4 heteroatoms. The summed E-state index contributed by atoms with van der Waals surface area (Å²) in [6.45, 7) is 3.70. The fourth-order valence-electron chi connectivity index (χ4n) is 3.14. The van der Waals surface area contributed by atoms with Crippen molar-refractivity contribution >= 4 is 11.4 Å². The lowest BCUT2D eigenvalue weighted by atomic mass is 9.99. The maximum Gasteiger partial charge on any atom is 0.124 e. The minimum absolute atomic E-state index is 0.161. The average molecular weight is 326 g/mol. The average Bonchev–Trinajstić information content (AvgIpc) is 2.78. The van der Waals surface area contributed by atoms with Crippen LogP contribution in [0, 0.1) is 6.92 Å². The van der Waals surface area contributed by atoms with Gasteiger partial charge in [-0.05, 0) is 50.1 Å². The van der Waals surface area contributed by atoms with Crippen LogP contribution in [0.3, 0.4) is 0 Å². The number of rotatable bonds is 5. The van der Waals surface area contributed by atoms with Gasteiger partial charge < -0.3 is 20.1 Å². The Morgan fingerprint density at radius 1 is 1.21 bits per heavy atom. The van der Waals surface area contributed by atoms with Crippen molar-refractivity contribution in [2.24, 2.45) is 0 Å². The first-order valence-electron chi connectivity index (χ1n) is 8.59. The fourth-order valence-corrected chi connectivity index (χ4v) is 3.14. The Morgan fingerprint density at radius 2 is 2.00 bits per heavy atom. The van der Waals surface area contributed by atoms with E-state index >= 15 is 0 Å². The third-order valence-corrected chi connectivity index (χ3v) is 4.52. The summed E-state index contributed by atoms with van der Waals surface area (Å²) in [5, 5.41) is 12.7. The standard InChI is InChI=1S/C20H26N2O2/c1-15-5-10-20-18(14-15)19(4-3-13-24-20)21-16-6-8-17(9-7-16)22(2)11-12-23/h5-10,14,19,21,23H,3-4,11-13H2,1-2H3. The maximum absolute atomic E-state index is 9.05. The third kappa shape index (κ3) is 3.82. The SMILES string of the molecule is Cc1ccc2c(c1)C(Nc1ccc(N(C)CCO)cc1)CCCO2. The molecule has 0 aromatic heterocycles. The van der Waals surface area contributed by atoms with E-state index in [-0.39, 0.29) is 12.6 Å². The molecule has 0 bridgehead atoms. The smallest absolute Gasteiger partial charge is 0.124 e. The predicted octanol–water partition coefficient (Wildman–Crippen LogP) is 3.75. The highest BCUT2D eigenvalue weighted by atomic mass is 16.5. The van der Waals surface area contributed by atoms with Gasteiger partial charge in [0.2, 0.25) is 0 Å². The van der Waals surface area contributed by atoms with Gasteiger partial charge in [-0.2, -0.15) is 0 Å². The predicted molar refractivity (Wildman–Crippen MR) is 99.1 cm³/mol. The summed E-state index contributed by atoms with van der Waals surface area (Å²) < 4.78 is 5.88. The second-order valence-electron chi connectivity index (χ2n) is 6.42. The molecule has 0 radical (unpaired) electrons. The second-order valence-corrected chi connectivity index (χ2v) is 6.42. The Hall–Kier alpha value is -2.20. The van der Waals surface area contributed by atoms with E-state index in [1.165, 1.54) is 11.1 Å². The van der Waals surface area contributed by atoms with Crippen LogP contribution in [0.1, 0.15) is 30.0 Å². The van der Waals surface area contributed by atoms with Gasteiger partial charge in [-0.25, -0.2) is 0 Å². The van der Waals surface area contributed by atoms with Crippen molar-refractivity contribution in [1.29, 1.82) is 0 Å². The largest absolute Gasteiger partial charge is 0.493 e. The summed E-state index contributed by atoms with van der Waals surface area (Å²) in [7, 11) is 1.99. The minimum Gasteiger partial charge on any atom is -0.493 e. The molecule has 2 N–H and O–H groups in total. The number of fused-ring (bicyclic) bond motifs is 1. The van der Waals surface area contributed by atoms with Crippen LogP contribution in [0.4, 0.5) is 11.4 Å². The summed E-state index contributed by atoms with van der Waals surface area (Å²) in [6.07, 6.45) is 2.10. The lowest BCUT2D eigenvalue weighted by Crippen LogP contribution is -2.21. The van der Waals surface area contributed by atoms with Gasteiger partial charge in [-0.15, -0.1) is 0 Å². The summed E-state index contributed by atoms with van der Waals surface area (Å²) in [5.41, 5.74) is 4.71. The summed E-state index contributed by atoms with van der Waals surface area (Å²) in [4.78, 5) is 2.04. The molecule has 1 heterocycles. The van der Waals surface area contributed by atoms with Crippen molar-refractivity contribution in [2.75, 3.05) is 37.0 Å². The third-order valence-electron chi connectivity index (χ3n) is 4.52. The Labute approximate surface area is 144 Å². The molecule has 0 spiro atoms. The first kappa shape index (κ1) is 16.7. The zero-order chi connectivity index (χ0) is 16.9. The second kappa shape index (κ2) is 7.58. The zero-order valence-electron chi connectivity index (χ0n) is 14.5. The monoisotopic (exact) mass is 326 g/mol. The van der Waals surface area contributed by atoms with Crippen molar-refractivity contribution in [3.05, 3.63) is 53.6 Å². The van der Waals surface area contributed by atoms with E-state index in [1.807, 2.05) is 11.9 Å². The summed E-state index contributed by atoms with van der Waals surface area (Å²) in [5.74, 6) is 0.995. The molecule has 0 amide bonds. The van der Waals surface area contributed by atoms with Crippen molar-refractivity contribution in [1.82, 2.24) is 0 Å². The van der Waals surface area contributed by atoms with Crippen LogP contribution in [0.15, 0.2) is 42.5 Å². The number of benzene rings is 2. The van der Waals surface area contributed by atoms with E-state index < -0.39 is 0 Å². The van der Waals surface area contributed by atoms with Gasteiger partial charge in [0.25, 0.3) is 0 Å². The number of nitrogens with one attached hydrogen (secondary N) is 1. The van der Waals surface area contributed by atoms with Crippen LogP contribution in [0.2, 0.25) is 0 Å². The summed E-state index contributed by atoms with van der Waals surface area (Å²) >= 11 is 0. The van der Waals surface area contributed by atoms with Crippen molar-refractivity contribution in [3.8, 4) is 5.75 Å². The Balaban J connectivity index is 1.77. The van der Waals surface area contributed by atoms with E-state index in [1.54, 1.807) is 0 Å². The number of ether oxygens (including phenoxy) is 1. The van der Waals surface area contributed by atoms with Gasteiger partial charge in [-0.3, -0.25) is 0 Å². The van der Waals surface area contributed by atoms with Crippen LogP contribution >= 0.6 is 0 Å². The molecule has 128 valence electrons. The number of nitrogens with zero attached hydrogens (tertiary/aromatic N) is 1. The topological polar surface area (TPSA) is 44.7 Å². The van der Waals surface area contributed by atoms with Gasteiger partial charge in [0, 0.05) is 30.5 Å². The fraction of sp³-hybridized carbons (Fsp3) is 0.400. The van der Waals surface area contributed by atoms with Crippen LogP contribution in [0.25, 0.3) is 0 Å². The van der Waals surface area contributed by atoms with E-state index in [0.29, 0.717) is 6.54 Å². The molecule has 4 nitrogen and oxygen atoms in total. The molecule has 3 rings (SSSR count). The van der Waals surface area contributed by atoms with Crippen LogP contribution in [-0.2, 0) is 0 Å². The maximum atomic E-state index is 9.05. The molecule has 2 aromatic carbocycles. The van der Waals surface area contributed by atoms with Gasteiger partial charge in [0.15, 0.2) is 0 Å². The highest BCUT2D eigenvalue weighted by Crippen LogP contribution is 2.34. The number of aliphatic hydroxyl groups excluding tert-OH is 1. The van der Waals surface area contributed by atoms with Crippen LogP contribution in [0.5, 0.6) is 5.75 Å². The minimum atomic E-state index is 0.161. The van der Waals surface area contributed by atoms with Crippen molar-refractivity contribution in [3.63, 3.8) is 0 Å². The lowest BCUT2D eigenvalue weighted by molar-refractivity contribution is 0.304. The number of hydrogen-bond donors (Lipinski definition) is 2. The number of aliphatic hydroxyl groups is 1. The number of aryl methyl sites for hydroxylation is 1. The highest BCUT2D eigenvalue weighted by molar-refractivity contribution is 5.56. The zero-order valence-corrected chi connectivity index (χ0v) is 14.5. The molecule has 24 heavy (non-hydrogen) atoms. The van der Waals surface area contributed by atoms with Gasteiger partial charge in [0.05, 0.1) is 19.3 Å². The van der Waals surface area contributed by atoms with Gasteiger partial charge in [0.1, 0.15) is 5.75 Å². The van der Waals surface area contributed by atoms with Gasteiger partial charge >= 0.3 is 0 Å². The summed E-state index contributed by atoms with van der Waals surface area (Å²) in [6, 6.07) is 15.1. The number of likely N-dealkylation sites (N-methyl/N-ethyl adjacent to an activating group) is 1. The first-order chi connectivity index (χ1) is 11.7. The van der Waals surface area contributed by atoms with Gasteiger partial charge in [-0.1, -0.05) is 17.7 Å². The molecule has 0 saturated carbocycles. The molecule has 1 aliphatic rings. The van der Waals surface area contributed by atoms with Crippen LogP contribution in [-0.4, -0.2) is 31.9 Å². The van der Waals surface area contributed by atoms with E-state index in [4.69, 9.17) is 9.84 Å². The number of hydrogen-bond acceptors (Lipinski definition) is 4. The van der Waals surface area contributed by atoms with E-state index in [2.05, 4.69) is 54.7 Å². The van der Waals surface area contributed by atoms with E-state index in [9.17, 15) is 0 Å². The Bertz CT molecular complexity index is 670. The van der Waals surface area contributed by atoms with Crippen LogP contribution < -0.4 is 15.0 Å². The lowest BCUT2D eigenvalue weighted by Gasteiger charge is -2.22. The van der Waals surface area contributed by atoms with Crippen molar-refractivity contribution < 1.29 is 9.84 Å². The molecule has 2 aromatic rings. The Morgan fingerprint density at radius 3 is 2.75 bits per heavy atom. The van der Waals surface area contributed by atoms with E-state index in [0.717, 1.165) is 36.6 Å². The molecule has 0 aliphatic carbocycles. The van der Waals surface area contributed by atoms with Crippen molar-refractivity contribution in [2.45, 2.75) is 25.8 Å². The molecule has 0 fully saturated rings. The highest BCUT2D eigenvalue weighted by Gasteiger charge is 2.19.